The third kappa shape index (κ3) is 3.17. The Kier molecular flexibility index (Phi) is 6.09. The highest BCUT2D eigenvalue weighted by molar-refractivity contribution is 14.1. The number of benzene rings is 2. The first-order valence-corrected chi connectivity index (χ1v) is 12.3. The molecule has 2 atom stereocenters. The molecular weight excluding hydrogens is 515 g/mol. The number of ether oxygens (including phenoxy) is 1. The lowest BCUT2D eigenvalue weighted by Crippen LogP contribution is -2.60. The van der Waals surface area contributed by atoms with E-state index < -0.39 is 11.8 Å². The Bertz CT molecular complexity index is 1110. The minimum atomic E-state index is -1.21. The summed E-state index contributed by atoms with van der Waals surface area (Å²) in [6.45, 7) is 10.3. The van der Waals surface area contributed by atoms with Crippen molar-refractivity contribution in [1.29, 1.82) is 0 Å². The van der Waals surface area contributed by atoms with Crippen LogP contribution in [0, 0.1) is 10.5 Å². The molecule has 0 fully saturated rings. The third-order valence-electron chi connectivity index (χ3n) is 6.56. The van der Waals surface area contributed by atoms with E-state index >= 15 is 0 Å². The van der Waals surface area contributed by atoms with Crippen molar-refractivity contribution >= 4 is 40.1 Å². The topological polar surface area (TPSA) is 49.9 Å². The van der Waals surface area contributed by atoms with Gasteiger partial charge in [-0.05, 0) is 67.5 Å². The number of rotatable bonds is 4. The minimum Gasteiger partial charge on any atom is -0.463 e. The number of anilines is 1. The van der Waals surface area contributed by atoms with E-state index in [2.05, 4.69) is 22.6 Å². The molecule has 2 heterocycles. The Hall–Kier alpha value is -2.35. The number of halogens is 1. The van der Waals surface area contributed by atoms with Crippen LogP contribution in [0.25, 0.3) is 0 Å². The molecule has 0 N–H and O–H groups in total. The summed E-state index contributed by atoms with van der Waals surface area (Å²) >= 11 is 2.28. The fourth-order valence-corrected chi connectivity index (χ4v) is 5.38. The number of carbonyl (C=O) groups excluding carboxylic acids is 2. The molecule has 0 spiro atoms. The molecule has 2 amide bonds. The average molecular weight is 544 g/mol. The van der Waals surface area contributed by atoms with E-state index in [1.165, 1.54) is 0 Å². The first-order chi connectivity index (χ1) is 15.3. The predicted octanol–water partition coefficient (Wildman–Crippen LogP) is 5.49. The van der Waals surface area contributed by atoms with Crippen molar-refractivity contribution in [2.24, 2.45) is 0 Å². The standard InChI is InChI=1S/C26H29IN2O3/c1-6-21-25(31)28(8-3)23-16(4)10-9-11-20(23)26(18-12-14-19(27)15-13-18)29(21)24(30)17(5)22(7-2)32-26/h9-15,21H,6-8H2,1-5H3. The van der Waals surface area contributed by atoms with E-state index in [0.29, 0.717) is 30.7 Å². The number of nitrogens with zero attached hydrogens (tertiary/aromatic N) is 2. The maximum absolute atomic E-state index is 13.9. The second-order valence-electron chi connectivity index (χ2n) is 8.31. The van der Waals surface area contributed by atoms with Crippen LogP contribution in [0.2, 0.25) is 0 Å². The van der Waals surface area contributed by atoms with E-state index in [4.69, 9.17) is 4.74 Å². The van der Waals surface area contributed by atoms with Gasteiger partial charge < -0.3 is 9.64 Å². The molecule has 6 heteroatoms. The van der Waals surface area contributed by atoms with Crippen molar-refractivity contribution in [3.8, 4) is 0 Å². The Balaban J connectivity index is 2.18. The zero-order valence-corrected chi connectivity index (χ0v) is 21.4. The molecule has 2 aliphatic rings. The average Bonchev–Trinajstić information content (AvgIpc) is 2.88. The summed E-state index contributed by atoms with van der Waals surface area (Å²) in [5.41, 5.74) is 2.85. The molecule has 2 aromatic carbocycles. The van der Waals surface area contributed by atoms with Crippen LogP contribution in [0.1, 0.15) is 57.2 Å². The van der Waals surface area contributed by atoms with Gasteiger partial charge in [-0.2, -0.15) is 0 Å². The molecule has 0 aliphatic carbocycles. The van der Waals surface area contributed by atoms with Gasteiger partial charge in [0.1, 0.15) is 11.8 Å². The number of likely N-dealkylation sites (N-methyl/N-ethyl adjacent to an activating group) is 1. The number of amides is 2. The number of carbonyl (C=O) groups is 2. The van der Waals surface area contributed by atoms with Crippen molar-refractivity contribution in [1.82, 2.24) is 4.90 Å². The maximum atomic E-state index is 13.9. The van der Waals surface area contributed by atoms with Gasteiger partial charge in [0.2, 0.25) is 11.6 Å². The van der Waals surface area contributed by atoms with Crippen LogP contribution in [0.3, 0.4) is 0 Å². The molecule has 2 unspecified atom stereocenters. The van der Waals surface area contributed by atoms with E-state index in [0.717, 1.165) is 25.9 Å². The number of aryl methyl sites for hydroxylation is 1. The van der Waals surface area contributed by atoms with Crippen molar-refractivity contribution in [3.63, 3.8) is 0 Å². The molecule has 2 aliphatic heterocycles. The lowest BCUT2D eigenvalue weighted by atomic mass is 9.87. The zero-order chi connectivity index (χ0) is 23.2. The van der Waals surface area contributed by atoms with Crippen molar-refractivity contribution < 1.29 is 14.3 Å². The van der Waals surface area contributed by atoms with Crippen LogP contribution in [-0.2, 0) is 20.1 Å². The van der Waals surface area contributed by atoms with Crippen LogP contribution in [0.15, 0.2) is 53.8 Å². The van der Waals surface area contributed by atoms with Crippen molar-refractivity contribution in [2.45, 2.75) is 59.2 Å². The van der Waals surface area contributed by atoms with Crippen molar-refractivity contribution in [3.05, 3.63) is 74.1 Å². The molecule has 0 bridgehead atoms. The van der Waals surface area contributed by atoms with Gasteiger partial charge in [0, 0.05) is 27.7 Å². The quantitative estimate of drug-likeness (QED) is 0.479. The normalized spacial score (nSPS) is 23.0. The first-order valence-electron chi connectivity index (χ1n) is 11.2. The predicted molar refractivity (Wildman–Crippen MR) is 134 cm³/mol. The fourth-order valence-electron chi connectivity index (χ4n) is 5.02. The summed E-state index contributed by atoms with van der Waals surface area (Å²) < 4.78 is 7.97. The number of allylic oxidation sites excluding steroid dienone is 1. The molecule has 2 aromatic rings. The summed E-state index contributed by atoms with van der Waals surface area (Å²) in [6.07, 6.45) is 1.10. The van der Waals surface area contributed by atoms with Gasteiger partial charge in [0.05, 0.1) is 11.3 Å². The van der Waals surface area contributed by atoms with E-state index in [9.17, 15) is 9.59 Å². The maximum Gasteiger partial charge on any atom is 0.257 e. The van der Waals surface area contributed by atoms with Crippen LogP contribution in [-0.4, -0.2) is 29.3 Å². The summed E-state index contributed by atoms with van der Waals surface area (Å²) in [4.78, 5) is 31.3. The van der Waals surface area contributed by atoms with E-state index in [-0.39, 0.29) is 11.8 Å². The van der Waals surface area contributed by atoms with Gasteiger partial charge in [-0.1, -0.05) is 44.2 Å². The van der Waals surface area contributed by atoms with Crippen LogP contribution in [0.4, 0.5) is 5.69 Å². The Morgan fingerprint density at radius 1 is 1.03 bits per heavy atom. The zero-order valence-electron chi connectivity index (χ0n) is 19.2. The van der Waals surface area contributed by atoms with E-state index in [1.54, 1.807) is 11.8 Å². The van der Waals surface area contributed by atoms with Gasteiger partial charge >= 0.3 is 0 Å². The van der Waals surface area contributed by atoms with Crippen LogP contribution in [0.5, 0.6) is 0 Å². The second kappa shape index (κ2) is 8.54. The van der Waals surface area contributed by atoms with E-state index in [1.807, 2.05) is 75.1 Å². The molecule has 0 saturated carbocycles. The molecule has 4 rings (SSSR count). The van der Waals surface area contributed by atoms with Gasteiger partial charge in [-0.3, -0.25) is 14.5 Å². The summed E-state index contributed by atoms with van der Waals surface area (Å²) in [7, 11) is 0. The molecule has 0 saturated heterocycles. The smallest absolute Gasteiger partial charge is 0.257 e. The van der Waals surface area contributed by atoms with Gasteiger partial charge in [-0.15, -0.1) is 0 Å². The Morgan fingerprint density at radius 3 is 2.31 bits per heavy atom. The summed E-state index contributed by atoms with van der Waals surface area (Å²) in [5, 5.41) is 0. The minimum absolute atomic E-state index is 0.0670. The number of para-hydroxylation sites is 1. The molecule has 32 heavy (non-hydrogen) atoms. The highest BCUT2D eigenvalue weighted by Crippen LogP contribution is 2.51. The Morgan fingerprint density at radius 2 is 1.72 bits per heavy atom. The second-order valence-corrected chi connectivity index (χ2v) is 9.55. The van der Waals surface area contributed by atoms with Crippen LogP contribution >= 0.6 is 22.6 Å². The van der Waals surface area contributed by atoms with Gasteiger partial charge in [-0.25, -0.2) is 0 Å². The largest absolute Gasteiger partial charge is 0.463 e. The number of hydrogen-bond donors (Lipinski definition) is 0. The number of fused-ring (bicyclic) bond motifs is 3. The van der Waals surface area contributed by atoms with Crippen molar-refractivity contribution in [2.75, 3.05) is 11.4 Å². The molecular formula is C26H29IN2O3. The number of hydrogen-bond acceptors (Lipinski definition) is 3. The van der Waals surface area contributed by atoms with Gasteiger partial charge in [0.25, 0.3) is 5.91 Å². The summed E-state index contributed by atoms with van der Waals surface area (Å²) in [5.74, 6) is 0.462. The fraction of sp³-hybridized carbons (Fsp3) is 0.385. The molecule has 168 valence electrons. The lowest BCUT2D eigenvalue weighted by molar-refractivity contribution is -0.173. The van der Waals surface area contributed by atoms with Gasteiger partial charge in [0.15, 0.2) is 0 Å². The highest BCUT2D eigenvalue weighted by Gasteiger charge is 2.57. The lowest BCUT2D eigenvalue weighted by Gasteiger charge is -2.49. The Labute approximate surface area is 203 Å². The SMILES string of the molecule is CCC1=C(C)C(=O)N2C(CC)C(=O)N(CC)c3c(C)cccc3C2(c2ccc(I)cc2)O1. The molecule has 0 radical (unpaired) electrons. The van der Waals surface area contributed by atoms with Crippen LogP contribution < -0.4 is 4.90 Å². The summed E-state index contributed by atoms with van der Waals surface area (Å²) in [6, 6.07) is 13.4. The first kappa shape index (κ1) is 22.8. The highest BCUT2D eigenvalue weighted by atomic mass is 127. The molecule has 0 aromatic heterocycles. The monoisotopic (exact) mass is 544 g/mol. The molecule has 5 nitrogen and oxygen atoms in total. The third-order valence-corrected chi connectivity index (χ3v) is 7.28.